The Balaban J connectivity index is 1.42. The first-order valence-electron chi connectivity index (χ1n) is 10.3. The fraction of sp³-hybridized carbons (Fsp3) is 0.250. The standard InChI is InChI=1S/C24H21F3N4O/c1-30-13-17(11-28-30)16-7-5-15(6-8-16)12-31-14-19(22-20(25)3-2-4-21(22)31)23(32)29-18-9-24(26,27)10-18/h2-8,11,13-14,18H,9-10,12H2,1H3,(H,29,32). The van der Waals surface area contributed by atoms with Gasteiger partial charge in [0.2, 0.25) is 0 Å². The van der Waals surface area contributed by atoms with Crippen molar-refractivity contribution in [3.05, 3.63) is 78.0 Å². The van der Waals surface area contributed by atoms with Gasteiger partial charge in [0, 0.05) is 55.8 Å². The number of alkyl halides is 2. The summed E-state index contributed by atoms with van der Waals surface area (Å²) in [6, 6.07) is 12.0. The van der Waals surface area contributed by atoms with E-state index in [4.69, 9.17) is 0 Å². The average molecular weight is 438 g/mol. The molecule has 1 aliphatic carbocycles. The van der Waals surface area contributed by atoms with Gasteiger partial charge in [0.25, 0.3) is 11.8 Å². The van der Waals surface area contributed by atoms with Crippen LogP contribution in [0.1, 0.15) is 28.8 Å². The Hall–Kier alpha value is -3.55. The maximum atomic E-state index is 14.6. The molecule has 8 heteroatoms. The summed E-state index contributed by atoms with van der Waals surface area (Å²) >= 11 is 0. The van der Waals surface area contributed by atoms with Gasteiger partial charge in [-0.1, -0.05) is 30.3 Å². The summed E-state index contributed by atoms with van der Waals surface area (Å²) in [5.41, 5.74) is 3.74. The number of benzene rings is 2. The molecule has 4 aromatic rings. The molecule has 164 valence electrons. The number of nitrogens with zero attached hydrogens (tertiary/aromatic N) is 3. The molecule has 2 aromatic heterocycles. The molecule has 0 atom stereocenters. The van der Waals surface area contributed by atoms with E-state index in [0.717, 1.165) is 16.7 Å². The second-order valence-corrected chi connectivity index (χ2v) is 8.34. The van der Waals surface area contributed by atoms with Crippen LogP contribution in [0.25, 0.3) is 22.0 Å². The summed E-state index contributed by atoms with van der Waals surface area (Å²) in [6.45, 7) is 0.433. The number of amides is 1. The first kappa shape index (κ1) is 20.4. The van der Waals surface area contributed by atoms with E-state index in [-0.39, 0.29) is 23.8 Å². The molecule has 2 heterocycles. The van der Waals surface area contributed by atoms with Gasteiger partial charge in [-0.25, -0.2) is 13.2 Å². The maximum absolute atomic E-state index is 14.6. The first-order valence-corrected chi connectivity index (χ1v) is 10.3. The molecule has 1 amide bonds. The van der Waals surface area contributed by atoms with Gasteiger partial charge in [0.1, 0.15) is 5.82 Å². The molecule has 0 radical (unpaired) electrons. The van der Waals surface area contributed by atoms with Crippen LogP contribution in [0.2, 0.25) is 0 Å². The highest BCUT2D eigenvalue weighted by molar-refractivity contribution is 6.07. The molecule has 0 saturated heterocycles. The van der Waals surface area contributed by atoms with E-state index in [1.165, 1.54) is 6.07 Å². The van der Waals surface area contributed by atoms with Crippen molar-refractivity contribution < 1.29 is 18.0 Å². The molecular formula is C24H21F3N4O. The van der Waals surface area contributed by atoms with E-state index < -0.39 is 23.7 Å². The van der Waals surface area contributed by atoms with Crippen LogP contribution in [-0.2, 0) is 13.6 Å². The van der Waals surface area contributed by atoms with Crippen LogP contribution in [0.3, 0.4) is 0 Å². The monoisotopic (exact) mass is 438 g/mol. The fourth-order valence-electron chi connectivity index (χ4n) is 4.21. The van der Waals surface area contributed by atoms with Crippen molar-refractivity contribution in [1.82, 2.24) is 19.7 Å². The lowest BCUT2D eigenvalue weighted by atomic mass is 9.88. The topological polar surface area (TPSA) is 51.9 Å². The molecule has 32 heavy (non-hydrogen) atoms. The zero-order valence-corrected chi connectivity index (χ0v) is 17.4. The molecule has 0 unspecified atom stereocenters. The average Bonchev–Trinajstić information content (AvgIpc) is 3.32. The molecule has 0 spiro atoms. The van der Waals surface area contributed by atoms with Gasteiger partial charge >= 0.3 is 0 Å². The van der Waals surface area contributed by atoms with Gasteiger partial charge in [-0.3, -0.25) is 9.48 Å². The van der Waals surface area contributed by atoms with E-state index in [9.17, 15) is 18.0 Å². The number of aromatic nitrogens is 3. The number of carbonyl (C=O) groups excluding carboxylic acids is 1. The maximum Gasteiger partial charge on any atom is 0.253 e. The quantitative estimate of drug-likeness (QED) is 0.489. The molecule has 1 N–H and O–H groups in total. The Kier molecular flexibility index (Phi) is 4.80. The van der Waals surface area contributed by atoms with Crippen molar-refractivity contribution >= 4 is 16.8 Å². The zero-order chi connectivity index (χ0) is 22.5. The lowest BCUT2D eigenvalue weighted by molar-refractivity contribution is -0.0901. The van der Waals surface area contributed by atoms with Crippen molar-refractivity contribution in [1.29, 1.82) is 0 Å². The molecule has 0 aliphatic heterocycles. The third-order valence-corrected chi connectivity index (χ3v) is 5.87. The molecule has 5 nitrogen and oxygen atoms in total. The number of carbonyl (C=O) groups is 1. The predicted octanol–water partition coefficient (Wildman–Crippen LogP) is 4.76. The van der Waals surface area contributed by atoms with Crippen LogP contribution < -0.4 is 5.32 Å². The number of nitrogens with one attached hydrogen (secondary N) is 1. The third-order valence-electron chi connectivity index (χ3n) is 5.87. The molecule has 5 rings (SSSR count). The summed E-state index contributed by atoms with van der Waals surface area (Å²) in [7, 11) is 1.86. The van der Waals surface area contributed by atoms with Crippen LogP contribution in [-0.4, -0.2) is 32.2 Å². The molecule has 2 aromatic carbocycles. The summed E-state index contributed by atoms with van der Waals surface area (Å²) in [5.74, 6) is -3.79. The number of hydrogen-bond donors (Lipinski definition) is 1. The van der Waals surface area contributed by atoms with E-state index >= 15 is 0 Å². The van der Waals surface area contributed by atoms with E-state index in [0.29, 0.717) is 12.1 Å². The van der Waals surface area contributed by atoms with Gasteiger partial charge in [-0.15, -0.1) is 0 Å². The Morgan fingerprint density at radius 2 is 1.88 bits per heavy atom. The number of fused-ring (bicyclic) bond motifs is 1. The SMILES string of the molecule is Cn1cc(-c2ccc(Cn3cc(C(=O)NC4CC(F)(F)C4)c4c(F)cccc43)cc2)cn1. The minimum Gasteiger partial charge on any atom is -0.349 e. The summed E-state index contributed by atoms with van der Waals surface area (Å²) in [5, 5.41) is 6.98. The van der Waals surface area contributed by atoms with Crippen LogP contribution in [0, 0.1) is 5.82 Å². The largest absolute Gasteiger partial charge is 0.349 e. The van der Waals surface area contributed by atoms with Gasteiger partial charge in [0.05, 0.1) is 17.3 Å². The third kappa shape index (κ3) is 3.77. The predicted molar refractivity (Wildman–Crippen MR) is 115 cm³/mol. The second-order valence-electron chi connectivity index (χ2n) is 8.34. The zero-order valence-electron chi connectivity index (χ0n) is 17.4. The molecule has 1 aliphatic rings. The smallest absolute Gasteiger partial charge is 0.253 e. The minimum atomic E-state index is -2.74. The molecule has 0 bridgehead atoms. The summed E-state index contributed by atoms with van der Waals surface area (Å²) < 4.78 is 44.4. The summed E-state index contributed by atoms with van der Waals surface area (Å²) in [4.78, 5) is 12.8. The number of rotatable bonds is 5. The van der Waals surface area contributed by atoms with Crippen LogP contribution >= 0.6 is 0 Å². The van der Waals surface area contributed by atoms with Crippen molar-refractivity contribution in [2.75, 3.05) is 0 Å². The number of aryl methyl sites for hydroxylation is 1. The van der Waals surface area contributed by atoms with E-state index in [2.05, 4.69) is 10.4 Å². The van der Waals surface area contributed by atoms with Crippen LogP contribution in [0.5, 0.6) is 0 Å². The number of halogens is 3. The van der Waals surface area contributed by atoms with Crippen LogP contribution in [0.4, 0.5) is 13.2 Å². The molecular weight excluding hydrogens is 417 g/mol. The van der Waals surface area contributed by atoms with Crippen LogP contribution in [0.15, 0.2) is 61.1 Å². The highest BCUT2D eigenvalue weighted by Gasteiger charge is 2.46. The lowest BCUT2D eigenvalue weighted by Gasteiger charge is -2.35. The highest BCUT2D eigenvalue weighted by Crippen LogP contribution is 2.37. The van der Waals surface area contributed by atoms with Crippen molar-refractivity contribution in [3.8, 4) is 11.1 Å². The van der Waals surface area contributed by atoms with Gasteiger partial charge in [0.15, 0.2) is 0 Å². The minimum absolute atomic E-state index is 0.153. The van der Waals surface area contributed by atoms with Gasteiger partial charge < -0.3 is 9.88 Å². The van der Waals surface area contributed by atoms with Crippen molar-refractivity contribution in [2.24, 2.45) is 7.05 Å². The summed E-state index contributed by atoms with van der Waals surface area (Å²) in [6.07, 6.45) is 4.54. The van der Waals surface area contributed by atoms with Crippen molar-refractivity contribution in [2.45, 2.75) is 31.4 Å². The Bertz CT molecular complexity index is 1300. The van der Waals surface area contributed by atoms with E-state index in [1.807, 2.05) is 42.1 Å². The lowest BCUT2D eigenvalue weighted by Crippen LogP contribution is -2.50. The molecule has 1 fully saturated rings. The fourth-order valence-corrected chi connectivity index (χ4v) is 4.21. The Labute approximate surface area is 182 Å². The Morgan fingerprint density at radius 1 is 1.12 bits per heavy atom. The van der Waals surface area contributed by atoms with Crippen molar-refractivity contribution in [3.63, 3.8) is 0 Å². The Morgan fingerprint density at radius 3 is 2.53 bits per heavy atom. The normalized spacial score (nSPS) is 15.6. The first-order chi connectivity index (χ1) is 15.3. The van der Waals surface area contributed by atoms with E-state index in [1.54, 1.807) is 29.2 Å². The van der Waals surface area contributed by atoms with Gasteiger partial charge in [-0.05, 0) is 23.3 Å². The second kappa shape index (κ2) is 7.55. The molecule has 1 saturated carbocycles. The highest BCUT2D eigenvalue weighted by atomic mass is 19.3. The van der Waals surface area contributed by atoms with Gasteiger partial charge in [-0.2, -0.15) is 5.10 Å². The number of hydrogen-bond acceptors (Lipinski definition) is 2.